The molecule has 0 saturated carbocycles. The Morgan fingerprint density at radius 2 is 2.00 bits per heavy atom. The van der Waals surface area contributed by atoms with Gasteiger partial charge in [-0.05, 0) is 17.8 Å². The van der Waals surface area contributed by atoms with Crippen LogP contribution in [0.4, 0.5) is 23.7 Å². The van der Waals surface area contributed by atoms with Crippen molar-refractivity contribution in [2.24, 2.45) is 12.0 Å². The van der Waals surface area contributed by atoms with Crippen LogP contribution in [0.5, 0.6) is 0 Å². The number of nitrogens with zero attached hydrogens (tertiary/aromatic N) is 3. The summed E-state index contributed by atoms with van der Waals surface area (Å²) in [6.07, 6.45) is 4.97. The minimum Gasteiger partial charge on any atom is -0.300 e. The second-order valence-electron chi connectivity index (χ2n) is 4.65. The molecule has 5 nitrogen and oxygen atoms in total. The van der Waals surface area contributed by atoms with Crippen molar-refractivity contribution in [1.29, 1.82) is 0 Å². The van der Waals surface area contributed by atoms with E-state index in [0.717, 1.165) is 29.5 Å². The van der Waals surface area contributed by atoms with Crippen LogP contribution in [-0.4, -0.2) is 20.9 Å². The predicted molar refractivity (Wildman–Crippen MR) is 80.7 cm³/mol. The average Bonchev–Trinajstić information content (AvgIpc) is 3.03. The molecule has 3 rings (SSSR count). The highest BCUT2D eigenvalue weighted by molar-refractivity contribution is 8.18. The third-order valence-electron chi connectivity index (χ3n) is 2.89. The van der Waals surface area contributed by atoms with E-state index in [1.807, 2.05) is 0 Å². The highest BCUT2D eigenvalue weighted by atomic mass is 32.2. The van der Waals surface area contributed by atoms with Crippen molar-refractivity contribution in [2.75, 3.05) is 0 Å². The first kappa shape index (κ1) is 15.3. The van der Waals surface area contributed by atoms with Gasteiger partial charge in [-0.25, -0.2) is 18.2 Å². The molecule has 1 aliphatic rings. The van der Waals surface area contributed by atoms with E-state index < -0.39 is 17.5 Å². The topological polar surface area (TPSA) is 59.3 Å². The third-order valence-corrected chi connectivity index (χ3v) is 3.71. The van der Waals surface area contributed by atoms with Crippen LogP contribution in [0.15, 0.2) is 34.4 Å². The second kappa shape index (κ2) is 5.92. The van der Waals surface area contributed by atoms with E-state index >= 15 is 0 Å². The molecule has 23 heavy (non-hydrogen) atoms. The van der Waals surface area contributed by atoms with Gasteiger partial charge in [0.05, 0.1) is 16.8 Å². The van der Waals surface area contributed by atoms with Crippen molar-refractivity contribution in [3.05, 3.63) is 52.4 Å². The van der Waals surface area contributed by atoms with Crippen LogP contribution in [0.2, 0.25) is 0 Å². The number of benzene rings is 1. The van der Waals surface area contributed by atoms with Gasteiger partial charge in [0.2, 0.25) is 0 Å². The van der Waals surface area contributed by atoms with Gasteiger partial charge in [-0.1, -0.05) is 0 Å². The van der Waals surface area contributed by atoms with Crippen molar-refractivity contribution < 1.29 is 18.0 Å². The predicted octanol–water partition coefficient (Wildman–Crippen LogP) is 3.36. The van der Waals surface area contributed by atoms with Gasteiger partial charge in [0.15, 0.2) is 17.5 Å². The SMILES string of the molecule is Cn1cc(/C=C2\SC(=O)NC2=Nc2cc(F)c(F)c(F)c2)cn1. The van der Waals surface area contributed by atoms with Crippen LogP contribution < -0.4 is 5.32 Å². The van der Waals surface area contributed by atoms with Gasteiger partial charge in [0, 0.05) is 30.9 Å². The quantitative estimate of drug-likeness (QED) is 0.854. The number of carbonyl (C=O) groups is 1. The Kier molecular flexibility index (Phi) is 3.95. The fourth-order valence-electron chi connectivity index (χ4n) is 1.91. The van der Waals surface area contributed by atoms with Crippen molar-refractivity contribution >= 4 is 34.6 Å². The summed E-state index contributed by atoms with van der Waals surface area (Å²) in [5.41, 5.74) is 0.590. The lowest BCUT2D eigenvalue weighted by atomic mass is 10.3. The number of amides is 1. The first-order chi connectivity index (χ1) is 10.9. The van der Waals surface area contributed by atoms with E-state index in [9.17, 15) is 18.0 Å². The Hall–Kier alpha value is -2.55. The van der Waals surface area contributed by atoms with Crippen LogP contribution in [0.1, 0.15) is 5.56 Å². The zero-order chi connectivity index (χ0) is 16.6. The zero-order valence-electron chi connectivity index (χ0n) is 11.7. The van der Waals surface area contributed by atoms with Gasteiger partial charge in [0.1, 0.15) is 5.84 Å². The molecule has 1 aromatic heterocycles. The largest absolute Gasteiger partial charge is 0.300 e. The molecule has 9 heteroatoms. The molecule has 0 spiro atoms. The molecule has 0 unspecified atom stereocenters. The summed E-state index contributed by atoms with van der Waals surface area (Å²) >= 11 is 0.890. The monoisotopic (exact) mass is 338 g/mol. The zero-order valence-corrected chi connectivity index (χ0v) is 12.5. The second-order valence-corrected chi connectivity index (χ2v) is 5.67. The minimum absolute atomic E-state index is 0.134. The van der Waals surface area contributed by atoms with E-state index in [1.54, 1.807) is 30.2 Å². The molecule has 0 bridgehead atoms. The highest BCUT2D eigenvalue weighted by Gasteiger charge is 2.24. The van der Waals surface area contributed by atoms with Gasteiger partial charge < -0.3 is 5.32 Å². The van der Waals surface area contributed by atoms with Gasteiger partial charge >= 0.3 is 0 Å². The Morgan fingerprint density at radius 1 is 1.30 bits per heavy atom. The van der Waals surface area contributed by atoms with Crippen molar-refractivity contribution in [3.8, 4) is 0 Å². The smallest absolute Gasteiger partial charge is 0.289 e. The fraction of sp³-hybridized carbons (Fsp3) is 0.0714. The molecule has 2 aromatic rings. The number of hydrogen-bond acceptors (Lipinski definition) is 4. The number of thioether (sulfide) groups is 1. The average molecular weight is 338 g/mol. The standard InChI is InChI=1S/C14H9F3N4OS/c1-21-6-7(5-18-21)2-11-13(20-14(22)23-11)19-8-3-9(15)12(17)10(16)4-8/h2-6H,1H3,(H,19,20,22)/b11-2-. The number of rotatable bonds is 2. The number of aliphatic imine (C=N–C) groups is 1. The number of halogens is 3. The van der Waals surface area contributed by atoms with Crippen LogP contribution in [0.3, 0.4) is 0 Å². The summed E-state index contributed by atoms with van der Waals surface area (Å²) in [7, 11) is 1.74. The Labute approximate surface area is 132 Å². The van der Waals surface area contributed by atoms with E-state index in [-0.39, 0.29) is 16.8 Å². The first-order valence-electron chi connectivity index (χ1n) is 6.35. The maximum atomic E-state index is 13.2. The summed E-state index contributed by atoms with van der Waals surface area (Å²) in [5.74, 6) is -4.13. The molecular formula is C14H9F3N4OS. The molecule has 1 aliphatic heterocycles. The number of aryl methyl sites for hydroxylation is 1. The van der Waals surface area contributed by atoms with Gasteiger partial charge in [-0.2, -0.15) is 5.10 Å². The molecule has 0 radical (unpaired) electrons. The van der Waals surface area contributed by atoms with E-state index in [2.05, 4.69) is 15.4 Å². The Bertz CT molecular complexity index is 836. The first-order valence-corrected chi connectivity index (χ1v) is 7.17. The molecule has 1 fully saturated rings. The lowest BCUT2D eigenvalue weighted by Crippen LogP contribution is -2.18. The fourth-order valence-corrected chi connectivity index (χ4v) is 2.65. The lowest BCUT2D eigenvalue weighted by Gasteiger charge is -2.01. The third kappa shape index (κ3) is 3.29. The summed E-state index contributed by atoms with van der Waals surface area (Å²) in [4.78, 5) is 16.0. The Balaban J connectivity index is 1.99. The van der Waals surface area contributed by atoms with Gasteiger partial charge in [-0.3, -0.25) is 9.48 Å². The maximum Gasteiger partial charge on any atom is 0.289 e. The molecule has 1 saturated heterocycles. The maximum absolute atomic E-state index is 13.2. The summed E-state index contributed by atoms with van der Waals surface area (Å²) in [5, 5.41) is 6.10. The number of aromatic nitrogens is 2. The molecule has 1 amide bonds. The minimum atomic E-state index is -1.56. The number of carbonyl (C=O) groups excluding carboxylic acids is 1. The summed E-state index contributed by atoms with van der Waals surface area (Å²) < 4.78 is 41.0. The van der Waals surface area contributed by atoms with Gasteiger partial charge in [-0.15, -0.1) is 0 Å². The van der Waals surface area contributed by atoms with Crippen molar-refractivity contribution in [2.45, 2.75) is 0 Å². The lowest BCUT2D eigenvalue weighted by molar-refractivity contribution is 0.265. The Morgan fingerprint density at radius 3 is 2.61 bits per heavy atom. The molecule has 1 aromatic carbocycles. The van der Waals surface area contributed by atoms with Crippen molar-refractivity contribution in [1.82, 2.24) is 15.1 Å². The van der Waals surface area contributed by atoms with Crippen LogP contribution in [0.25, 0.3) is 6.08 Å². The van der Waals surface area contributed by atoms with E-state index in [4.69, 9.17) is 0 Å². The van der Waals surface area contributed by atoms with E-state index in [1.165, 1.54) is 0 Å². The summed E-state index contributed by atoms with van der Waals surface area (Å²) in [6.45, 7) is 0. The molecule has 0 atom stereocenters. The summed E-state index contributed by atoms with van der Waals surface area (Å²) in [6, 6.07) is 1.50. The molecule has 2 heterocycles. The normalized spacial score (nSPS) is 18.0. The van der Waals surface area contributed by atoms with Crippen LogP contribution in [0, 0.1) is 17.5 Å². The number of hydrogen-bond donors (Lipinski definition) is 1. The van der Waals surface area contributed by atoms with Crippen LogP contribution in [-0.2, 0) is 7.05 Å². The number of nitrogens with one attached hydrogen (secondary N) is 1. The van der Waals surface area contributed by atoms with Gasteiger partial charge in [0.25, 0.3) is 5.24 Å². The van der Waals surface area contributed by atoms with Crippen molar-refractivity contribution in [3.63, 3.8) is 0 Å². The molecule has 0 aliphatic carbocycles. The molecule has 118 valence electrons. The van der Waals surface area contributed by atoms with E-state index in [0.29, 0.717) is 4.91 Å². The molecule has 1 N–H and O–H groups in total. The van der Waals surface area contributed by atoms with Crippen LogP contribution >= 0.6 is 11.8 Å². The number of amidine groups is 1. The highest BCUT2D eigenvalue weighted by Crippen LogP contribution is 2.29. The molecular weight excluding hydrogens is 329 g/mol.